The summed E-state index contributed by atoms with van der Waals surface area (Å²) in [5, 5.41) is 19.0. The highest BCUT2D eigenvalue weighted by atomic mass is 32.2. The third-order valence-corrected chi connectivity index (χ3v) is 5.12. The maximum Gasteiger partial charge on any atom is 0.269 e. The molecule has 0 saturated heterocycles. The lowest BCUT2D eigenvalue weighted by Crippen LogP contribution is -2.22. The van der Waals surface area contributed by atoms with Crippen molar-refractivity contribution < 1.29 is 9.34 Å². The van der Waals surface area contributed by atoms with E-state index in [1.54, 1.807) is 23.9 Å². The Morgan fingerprint density at radius 2 is 1.81 bits per heavy atom. The van der Waals surface area contributed by atoms with Gasteiger partial charge in [0, 0.05) is 29.1 Å². The van der Waals surface area contributed by atoms with Crippen LogP contribution in [0, 0.1) is 10.1 Å². The second-order valence-electron chi connectivity index (χ2n) is 6.19. The van der Waals surface area contributed by atoms with Crippen LogP contribution in [0.15, 0.2) is 57.8 Å². The summed E-state index contributed by atoms with van der Waals surface area (Å²) in [7, 11) is 2.00. The molecule has 0 spiro atoms. The van der Waals surface area contributed by atoms with E-state index in [9.17, 15) is 10.1 Å². The third kappa shape index (κ3) is 4.53. The Bertz CT molecular complexity index is 909. The fraction of sp³-hybridized carbons (Fsp3) is 0.263. The highest BCUT2D eigenvalue weighted by Crippen LogP contribution is 2.26. The molecule has 7 nitrogen and oxygen atoms in total. The zero-order chi connectivity index (χ0) is 19.4. The molecule has 0 unspecified atom stereocenters. The molecule has 8 heteroatoms. The van der Waals surface area contributed by atoms with Gasteiger partial charge in [-0.2, -0.15) is 0 Å². The molecular weight excluding hydrogens is 364 g/mol. The van der Waals surface area contributed by atoms with E-state index in [1.165, 1.54) is 22.6 Å². The Labute approximate surface area is 161 Å². The van der Waals surface area contributed by atoms with Crippen molar-refractivity contribution in [3.8, 4) is 11.5 Å². The summed E-state index contributed by atoms with van der Waals surface area (Å²) in [5.74, 6) is 0.857. The van der Waals surface area contributed by atoms with Crippen LogP contribution in [0.5, 0.6) is 0 Å². The Hall–Kier alpha value is -2.71. The van der Waals surface area contributed by atoms with Crippen LogP contribution in [0.4, 0.5) is 5.69 Å². The van der Waals surface area contributed by atoms with Crippen molar-refractivity contribution in [1.29, 1.82) is 0 Å². The van der Waals surface area contributed by atoms with E-state index >= 15 is 0 Å². The molecule has 1 aromatic heterocycles. The standard InChI is InChI=1S/C19H20N4O3S/c1-13(22(2)12-14-4-10-17(27-3)11-5-14)18-20-21-19(26-18)15-6-8-16(9-7-15)23(24)25/h4-11,13H,12H2,1-3H3/t13-/m1/s1. The van der Waals surface area contributed by atoms with Crippen LogP contribution in [0.3, 0.4) is 0 Å². The van der Waals surface area contributed by atoms with Gasteiger partial charge in [-0.05, 0) is 50.1 Å². The third-order valence-electron chi connectivity index (χ3n) is 4.38. The lowest BCUT2D eigenvalue weighted by molar-refractivity contribution is -0.384. The molecular formula is C19H20N4O3S. The zero-order valence-electron chi connectivity index (χ0n) is 15.3. The summed E-state index contributed by atoms with van der Waals surface area (Å²) in [4.78, 5) is 13.7. The van der Waals surface area contributed by atoms with Gasteiger partial charge in [0.2, 0.25) is 11.8 Å². The number of non-ortho nitro benzene ring substituents is 1. The first kappa shape index (κ1) is 19.1. The van der Waals surface area contributed by atoms with Crippen molar-refractivity contribution in [3.05, 3.63) is 70.1 Å². The van der Waals surface area contributed by atoms with E-state index < -0.39 is 4.92 Å². The van der Waals surface area contributed by atoms with Crippen LogP contribution >= 0.6 is 11.8 Å². The van der Waals surface area contributed by atoms with Crippen molar-refractivity contribution in [2.24, 2.45) is 0 Å². The average molecular weight is 384 g/mol. The highest BCUT2D eigenvalue weighted by molar-refractivity contribution is 7.98. The molecule has 0 bridgehead atoms. The minimum Gasteiger partial charge on any atom is -0.419 e. The predicted octanol–water partition coefficient (Wildman–Crippen LogP) is 4.56. The first-order valence-electron chi connectivity index (χ1n) is 8.39. The zero-order valence-corrected chi connectivity index (χ0v) is 16.1. The number of benzene rings is 2. The van der Waals surface area contributed by atoms with Gasteiger partial charge in [-0.3, -0.25) is 15.0 Å². The summed E-state index contributed by atoms with van der Waals surface area (Å²) in [5.41, 5.74) is 1.89. The number of thioether (sulfide) groups is 1. The number of nitrogens with zero attached hydrogens (tertiary/aromatic N) is 4. The smallest absolute Gasteiger partial charge is 0.269 e. The van der Waals surface area contributed by atoms with Gasteiger partial charge < -0.3 is 4.42 Å². The van der Waals surface area contributed by atoms with Crippen molar-refractivity contribution in [2.75, 3.05) is 13.3 Å². The molecule has 0 aliphatic carbocycles. The topological polar surface area (TPSA) is 85.3 Å². The first-order valence-corrected chi connectivity index (χ1v) is 9.62. The Kier molecular flexibility index (Phi) is 5.88. The average Bonchev–Trinajstić information content (AvgIpc) is 3.18. The van der Waals surface area contributed by atoms with E-state index in [2.05, 4.69) is 45.6 Å². The van der Waals surface area contributed by atoms with E-state index in [4.69, 9.17) is 4.42 Å². The second-order valence-corrected chi connectivity index (χ2v) is 7.07. The molecule has 0 radical (unpaired) electrons. The summed E-state index contributed by atoms with van der Waals surface area (Å²) >= 11 is 1.72. The first-order chi connectivity index (χ1) is 13.0. The largest absolute Gasteiger partial charge is 0.419 e. The molecule has 0 fully saturated rings. The lowest BCUT2D eigenvalue weighted by atomic mass is 10.2. The molecule has 1 atom stereocenters. The van der Waals surface area contributed by atoms with Crippen LogP contribution in [0.2, 0.25) is 0 Å². The molecule has 3 aromatic rings. The van der Waals surface area contributed by atoms with Crippen LogP contribution in [-0.4, -0.2) is 33.3 Å². The van der Waals surface area contributed by atoms with Gasteiger partial charge in [-0.15, -0.1) is 22.0 Å². The van der Waals surface area contributed by atoms with Gasteiger partial charge in [0.05, 0.1) is 11.0 Å². The monoisotopic (exact) mass is 384 g/mol. The van der Waals surface area contributed by atoms with Gasteiger partial charge in [-0.25, -0.2) is 0 Å². The normalized spacial score (nSPS) is 12.3. The number of aromatic nitrogens is 2. The number of nitro groups is 1. The summed E-state index contributed by atoms with van der Waals surface area (Å²) in [6.07, 6.45) is 2.06. The van der Waals surface area contributed by atoms with Gasteiger partial charge in [-0.1, -0.05) is 12.1 Å². The lowest BCUT2D eigenvalue weighted by Gasteiger charge is -2.21. The van der Waals surface area contributed by atoms with Gasteiger partial charge >= 0.3 is 0 Å². The predicted molar refractivity (Wildman–Crippen MR) is 104 cm³/mol. The van der Waals surface area contributed by atoms with Gasteiger partial charge in [0.15, 0.2) is 0 Å². The van der Waals surface area contributed by atoms with Crippen LogP contribution in [-0.2, 0) is 6.54 Å². The Morgan fingerprint density at radius 1 is 1.15 bits per heavy atom. The molecule has 0 amide bonds. The van der Waals surface area contributed by atoms with E-state index in [1.807, 2.05) is 14.0 Å². The van der Waals surface area contributed by atoms with Crippen LogP contribution in [0.25, 0.3) is 11.5 Å². The van der Waals surface area contributed by atoms with Crippen LogP contribution in [0.1, 0.15) is 24.4 Å². The molecule has 2 aromatic carbocycles. The minimum absolute atomic E-state index is 0.0269. The van der Waals surface area contributed by atoms with Crippen molar-refractivity contribution in [3.63, 3.8) is 0 Å². The van der Waals surface area contributed by atoms with E-state index in [0.717, 1.165) is 6.54 Å². The number of rotatable bonds is 7. The molecule has 27 heavy (non-hydrogen) atoms. The summed E-state index contributed by atoms with van der Waals surface area (Å²) in [6.45, 7) is 2.76. The maximum atomic E-state index is 10.8. The van der Waals surface area contributed by atoms with Crippen molar-refractivity contribution in [1.82, 2.24) is 15.1 Å². The Balaban J connectivity index is 1.69. The Morgan fingerprint density at radius 3 is 2.41 bits per heavy atom. The van der Waals surface area contributed by atoms with Crippen molar-refractivity contribution in [2.45, 2.75) is 24.4 Å². The SMILES string of the molecule is CSc1ccc(CN(C)[C@H](C)c2nnc(-c3ccc([N+](=O)[O-])cc3)o2)cc1. The van der Waals surface area contributed by atoms with Gasteiger partial charge in [0.25, 0.3) is 5.69 Å². The fourth-order valence-corrected chi connectivity index (χ4v) is 3.00. The maximum absolute atomic E-state index is 10.8. The van der Waals surface area contributed by atoms with E-state index in [0.29, 0.717) is 17.3 Å². The molecule has 0 aliphatic rings. The van der Waals surface area contributed by atoms with Gasteiger partial charge in [0.1, 0.15) is 0 Å². The second kappa shape index (κ2) is 8.32. The molecule has 140 valence electrons. The van der Waals surface area contributed by atoms with E-state index in [-0.39, 0.29) is 11.7 Å². The number of nitro benzene ring substituents is 1. The van der Waals surface area contributed by atoms with Crippen LogP contribution < -0.4 is 0 Å². The molecule has 0 saturated carbocycles. The number of hydrogen-bond acceptors (Lipinski definition) is 7. The molecule has 0 N–H and O–H groups in total. The fourth-order valence-electron chi connectivity index (χ4n) is 2.59. The summed E-state index contributed by atoms with van der Waals surface area (Å²) < 4.78 is 5.79. The molecule has 0 aliphatic heterocycles. The summed E-state index contributed by atoms with van der Waals surface area (Å²) in [6, 6.07) is 14.4. The molecule has 3 rings (SSSR count). The quantitative estimate of drug-likeness (QED) is 0.335. The molecule has 1 heterocycles. The van der Waals surface area contributed by atoms with Crippen molar-refractivity contribution >= 4 is 17.4 Å². The number of hydrogen-bond donors (Lipinski definition) is 0. The minimum atomic E-state index is -0.439. The highest BCUT2D eigenvalue weighted by Gasteiger charge is 2.19.